The second-order valence-corrected chi connectivity index (χ2v) is 8.07. The van der Waals surface area contributed by atoms with Crippen LogP contribution in [0, 0.1) is 10.1 Å². The molecule has 0 aliphatic heterocycles. The number of ether oxygens (including phenoxy) is 1. The second kappa shape index (κ2) is 12.2. The maximum atomic E-state index is 12.2. The number of non-ortho nitro benzene ring substituents is 1. The van der Waals surface area contributed by atoms with Crippen molar-refractivity contribution in [3.63, 3.8) is 0 Å². The molecular weight excluding hydrogens is 458 g/mol. The molecule has 3 rings (SSSR count). The van der Waals surface area contributed by atoms with Crippen LogP contribution in [0.5, 0.6) is 0 Å². The van der Waals surface area contributed by atoms with Gasteiger partial charge in [0.05, 0.1) is 15.9 Å². The second-order valence-electron chi connectivity index (χ2n) is 6.98. The fourth-order valence-electron chi connectivity index (χ4n) is 2.95. The Morgan fingerprint density at radius 3 is 1.94 bits per heavy atom. The third kappa shape index (κ3) is 7.17. The highest BCUT2D eigenvalue weighted by atomic mass is 32.2. The Bertz CT molecular complexity index is 1100. The standard InChI is InChI=1S/C24H21N3O6S/c28-21(25-26-24(30)19-11-13-20(14-12-19)27(31)32)15-33-22(29)16-34-23(17-7-3-1-4-8-17)18-9-5-2-6-10-18/h1-14,23H,15-16H2,(H,25,28)(H,26,30). The summed E-state index contributed by atoms with van der Waals surface area (Å²) < 4.78 is 5.01. The lowest BCUT2D eigenvalue weighted by molar-refractivity contribution is -0.384. The molecule has 2 amide bonds. The topological polar surface area (TPSA) is 128 Å². The van der Waals surface area contributed by atoms with Crippen molar-refractivity contribution in [2.75, 3.05) is 12.4 Å². The van der Waals surface area contributed by atoms with Crippen molar-refractivity contribution >= 4 is 35.2 Å². The van der Waals surface area contributed by atoms with E-state index in [1.807, 2.05) is 60.7 Å². The van der Waals surface area contributed by atoms with E-state index in [2.05, 4.69) is 10.9 Å². The van der Waals surface area contributed by atoms with Crippen molar-refractivity contribution in [3.8, 4) is 0 Å². The number of carbonyl (C=O) groups is 3. The number of nitrogens with one attached hydrogen (secondary N) is 2. The van der Waals surface area contributed by atoms with E-state index < -0.39 is 29.3 Å². The first kappa shape index (κ1) is 24.5. The largest absolute Gasteiger partial charge is 0.455 e. The van der Waals surface area contributed by atoms with E-state index in [4.69, 9.17) is 4.74 Å². The lowest BCUT2D eigenvalue weighted by Crippen LogP contribution is -2.43. The summed E-state index contributed by atoms with van der Waals surface area (Å²) in [7, 11) is 0. The van der Waals surface area contributed by atoms with E-state index in [0.29, 0.717) is 0 Å². The highest BCUT2D eigenvalue weighted by molar-refractivity contribution is 8.00. The highest BCUT2D eigenvalue weighted by Crippen LogP contribution is 2.35. The smallest absolute Gasteiger partial charge is 0.316 e. The molecule has 10 heteroatoms. The molecule has 0 aliphatic carbocycles. The van der Waals surface area contributed by atoms with Crippen LogP contribution in [0.25, 0.3) is 0 Å². The molecule has 0 aromatic heterocycles. The van der Waals surface area contributed by atoms with Gasteiger partial charge in [-0.15, -0.1) is 11.8 Å². The van der Waals surface area contributed by atoms with Gasteiger partial charge in [0.25, 0.3) is 17.5 Å². The summed E-state index contributed by atoms with van der Waals surface area (Å²) in [5.74, 6) is -1.94. The molecule has 3 aromatic rings. The van der Waals surface area contributed by atoms with E-state index in [1.165, 1.54) is 36.0 Å². The third-order valence-electron chi connectivity index (χ3n) is 4.59. The number of hydrazine groups is 1. The fraction of sp³-hybridized carbons (Fsp3) is 0.125. The van der Waals surface area contributed by atoms with Crippen LogP contribution in [0.15, 0.2) is 84.9 Å². The van der Waals surface area contributed by atoms with Gasteiger partial charge < -0.3 is 4.74 Å². The van der Waals surface area contributed by atoms with Gasteiger partial charge in [-0.05, 0) is 23.3 Å². The van der Waals surface area contributed by atoms with Gasteiger partial charge in [-0.2, -0.15) is 0 Å². The summed E-state index contributed by atoms with van der Waals surface area (Å²) in [6.07, 6.45) is 0. The molecule has 174 valence electrons. The molecular formula is C24H21N3O6S. The average Bonchev–Trinajstić information content (AvgIpc) is 2.87. The summed E-state index contributed by atoms with van der Waals surface area (Å²) >= 11 is 1.38. The van der Waals surface area contributed by atoms with Gasteiger partial charge in [0.15, 0.2) is 6.61 Å². The van der Waals surface area contributed by atoms with Crippen molar-refractivity contribution in [3.05, 3.63) is 112 Å². The van der Waals surface area contributed by atoms with E-state index in [9.17, 15) is 24.5 Å². The maximum Gasteiger partial charge on any atom is 0.316 e. The van der Waals surface area contributed by atoms with Crippen LogP contribution in [0.2, 0.25) is 0 Å². The van der Waals surface area contributed by atoms with Gasteiger partial charge >= 0.3 is 5.97 Å². The molecule has 3 aromatic carbocycles. The Balaban J connectivity index is 1.45. The van der Waals surface area contributed by atoms with Crippen LogP contribution in [0.4, 0.5) is 5.69 Å². The monoisotopic (exact) mass is 479 g/mol. The molecule has 0 aliphatic rings. The number of hydrogen-bond acceptors (Lipinski definition) is 7. The number of amides is 2. The number of carbonyl (C=O) groups excluding carboxylic acids is 3. The zero-order valence-electron chi connectivity index (χ0n) is 17.9. The zero-order chi connectivity index (χ0) is 24.3. The molecule has 34 heavy (non-hydrogen) atoms. The molecule has 0 bridgehead atoms. The summed E-state index contributed by atoms with van der Waals surface area (Å²) in [5.41, 5.74) is 6.33. The van der Waals surface area contributed by atoms with Crippen LogP contribution in [-0.4, -0.2) is 35.1 Å². The Labute approximate surface area is 199 Å². The Morgan fingerprint density at radius 1 is 0.853 bits per heavy atom. The minimum Gasteiger partial charge on any atom is -0.455 e. The van der Waals surface area contributed by atoms with Crippen LogP contribution in [0.1, 0.15) is 26.7 Å². The first-order valence-electron chi connectivity index (χ1n) is 10.1. The molecule has 0 spiro atoms. The van der Waals surface area contributed by atoms with E-state index >= 15 is 0 Å². The van der Waals surface area contributed by atoms with Crippen molar-refractivity contribution in [2.24, 2.45) is 0 Å². The van der Waals surface area contributed by atoms with Crippen molar-refractivity contribution in [2.45, 2.75) is 5.25 Å². The molecule has 0 unspecified atom stereocenters. The van der Waals surface area contributed by atoms with Gasteiger partial charge in [0.2, 0.25) is 0 Å². The summed E-state index contributed by atoms with van der Waals surface area (Å²) in [4.78, 5) is 46.2. The number of rotatable bonds is 9. The summed E-state index contributed by atoms with van der Waals surface area (Å²) in [6.45, 7) is -0.568. The van der Waals surface area contributed by atoms with Gasteiger partial charge in [-0.3, -0.25) is 35.3 Å². The number of nitrogens with zero attached hydrogens (tertiary/aromatic N) is 1. The highest BCUT2D eigenvalue weighted by Gasteiger charge is 2.17. The first-order valence-corrected chi connectivity index (χ1v) is 11.2. The number of thioether (sulfide) groups is 1. The number of hydrogen-bond donors (Lipinski definition) is 2. The van der Waals surface area contributed by atoms with Gasteiger partial charge in [-0.25, -0.2) is 0 Å². The number of esters is 1. The summed E-state index contributed by atoms with van der Waals surface area (Å²) in [6, 6.07) is 24.4. The molecule has 0 fully saturated rings. The van der Waals surface area contributed by atoms with Crippen molar-refractivity contribution < 1.29 is 24.0 Å². The predicted molar refractivity (Wildman–Crippen MR) is 127 cm³/mol. The molecule has 0 atom stereocenters. The lowest BCUT2D eigenvalue weighted by Gasteiger charge is -2.17. The third-order valence-corrected chi connectivity index (χ3v) is 5.87. The predicted octanol–water partition coefficient (Wildman–Crippen LogP) is 3.42. The van der Waals surface area contributed by atoms with Crippen LogP contribution in [0.3, 0.4) is 0 Å². The lowest BCUT2D eigenvalue weighted by atomic mass is 10.0. The first-order chi connectivity index (χ1) is 16.4. The molecule has 0 radical (unpaired) electrons. The minimum absolute atomic E-state index is 0.0247. The van der Waals surface area contributed by atoms with Crippen molar-refractivity contribution in [1.29, 1.82) is 0 Å². The normalized spacial score (nSPS) is 10.4. The Morgan fingerprint density at radius 2 is 1.41 bits per heavy atom. The molecule has 2 N–H and O–H groups in total. The van der Waals surface area contributed by atoms with Crippen LogP contribution >= 0.6 is 11.8 Å². The van der Waals surface area contributed by atoms with Gasteiger partial charge in [0.1, 0.15) is 0 Å². The quantitative estimate of drug-likeness (QED) is 0.273. The molecule has 0 saturated heterocycles. The molecule has 0 saturated carbocycles. The zero-order valence-corrected chi connectivity index (χ0v) is 18.7. The summed E-state index contributed by atoms with van der Waals surface area (Å²) in [5, 5.41) is 10.6. The van der Waals surface area contributed by atoms with Gasteiger partial charge in [-0.1, -0.05) is 60.7 Å². The van der Waals surface area contributed by atoms with Crippen LogP contribution < -0.4 is 10.9 Å². The average molecular weight is 480 g/mol. The van der Waals surface area contributed by atoms with Crippen molar-refractivity contribution in [1.82, 2.24) is 10.9 Å². The molecule has 0 heterocycles. The SMILES string of the molecule is O=C(COC(=O)CSC(c1ccccc1)c1ccccc1)NNC(=O)c1ccc([N+](=O)[O-])cc1. The molecule has 9 nitrogen and oxygen atoms in total. The van der Waals surface area contributed by atoms with E-state index in [0.717, 1.165) is 11.1 Å². The fourth-order valence-corrected chi connectivity index (χ4v) is 4.03. The number of benzene rings is 3. The Hall–Kier alpha value is -4.18. The number of nitro groups is 1. The van der Waals surface area contributed by atoms with E-state index in [1.54, 1.807) is 0 Å². The van der Waals surface area contributed by atoms with Gasteiger partial charge in [0, 0.05) is 17.7 Å². The maximum absolute atomic E-state index is 12.2. The number of nitro benzene ring substituents is 1. The van der Waals surface area contributed by atoms with E-state index in [-0.39, 0.29) is 22.3 Å². The van der Waals surface area contributed by atoms with Crippen LogP contribution in [-0.2, 0) is 14.3 Å². The Kier molecular flexibility index (Phi) is 8.75. The minimum atomic E-state index is -0.726.